The number of hydrogen-bond acceptors (Lipinski definition) is 2. The molecule has 1 amide bonds. The molecule has 0 saturated carbocycles. The molecule has 1 aliphatic rings. The van der Waals surface area contributed by atoms with Gasteiger partial charge in [-0.05, 0) is 24.8 Å². The van der Waals surface area contributed by atoms with Crippen molar-refractivity contribution in [1.29, 1.82) is 0 Å². The van der Waals surface area contributed by atoms with Crippen LogP contribution in [0.1, 0.15) is 30.1 Å². The van der Waals surface area contributed by atoms with E-state index in [2.05, 4.69) is 0 Å². The maximum absolute atomic E-state index is 13.8. The fourth-order valence-electron chi connectivity index (χ4n) is 2.25. The van der Waals surface area contributed by atoms with Gasteiger partial charge in [-0.15, -0.1) is 11.6 Å². The van der Waals surface area contributed by atoms with Crippen molar-refractivity contribution in [1.82, 2.24) is 0 Å². The van der Waals surface area contributed by atoms with Gasteiger partial charge in [0.1, 0.15) is 5.82 Å². The summed E-state index contributed by atoms with van der Waals surface area (Å²) in [7, 11) is 0. The lowest BCUT2D eigenvalue weighted by Crippen LogP contribution is -2.32. The van der Waals surface area contributed by atoms with Crippen LogP contribution in [0.3, 0.4) is 0 Å². The topological polar surface area (TPSA) is 37.4 Å². The third kappa shape index (κ3) is 2.68. The van der Waals surface area contributed by atoms with Crippen LogP contribution in [0.15, 0.2) is 12.1 Å². The summed E-state index contributed by atoms with van der Waals surface area (Å²) in [5.74, 6) is -2.65. The van der Waals surface area contributed by atoms with Crippen molar-refractivity contribution in [2.75, 3.05) is 17.3 Å². The van der Waals surface area contributed by atoms with Crippen molar-refractivity contribution in [3.63, 3.8) is 0 Å². The number of carbonyl (C=O) groups excluding carboxylic acids is 2. The minimum atomic E-state index is -0.885. The SMILES string of the molecule is CC(CCCl)CCN1C(=O)C(=O)c2cc(F)cc(F)c21. The molecule has 1 aromatic rings. The summed E-state index contributed by atoms with van der Waals surface area (Å²) in [4.78, 5) is 24.7. The molecule has 0 radical (unpaired) electrons. The predicted molar refractivity (Wildman–Crippen MR) is 72.2 cm³/mol. The highest BCUT2D eigenvalue weighted by atomic mass is 35.5. The second kappa shape index (κ2) is 5.87. The highest BCUT2D eigenvalue weighted by Crippen LogP contribution is 2.33. The molecular weight excluding hydrogens is 288 g/mol. The first-order chi connectivity index (χ1) is 9.45. The molecule has 3 nitrogen and oxygen atoms in total. The summed E-state index contributed by atoms with van der Waals surface area (Å²) >= 11 is 5.63. The van der Waals surface area contributed by atoms with E-state index in [9.17, 15) is 18.4 Å². The van der Waals surface area contributed by atoms with E-state index >= 15 is 0 Å². The van der Waals surface area contributed by atoms with E-state index in [1.807, 2.05) is 6.92 Å². The van der Waals surface area contributed by atoms with Crippen LogP contribution < -0.4 is 4.90 Å². The molecule has 1 unspecified atom stereocenters. The molecule has 0 bridgehead atoms. The van der Waals surface area contributed by atoms with E-state index in [0.29, 0.717) is 18.4 Å². The molecule has 1 atom stereocenters. The molecule has 108 valence electrons. The lowest BCUT2D eigenvalue weighted by Gasteiger charge is -2.19. The molecule has 1 aromatic carbocycles. The normalized spacial score (nSPS) is 15.7. The molecule has 0 N–H and O–H groups in total. The van der Waals surface area contributed by atoms with Crippen molar-refractivity contribution in [2.24, 2.45) is 5.92 Å². The minimum absolute atomic E-state index is 0.112. The van der Waals surface area contributed by atoms with Gasteiger partial charge in [-0.1, -0.05) is 6.92 Å². The van der Waals surface area contributed by atoms with Crippen LogP contribution in [-0.4, -0.2) is 24.1 Å². The van der Waals surface area contributed by atoms with Gasteiger partial charge in [-0.3, -0.25) is 9.59 Å². The molecule has 0 aliphatic carbocycles. The number of fused-ring (bicyclic) bond motifs is 1. The Morgan fingerprint density at radius 1 is 1.25 bits per heavy atom. The van der Waals surface area contributed by atoms with Gasteiger partial charge >= 0.3 is 0 Å². The van der Waals surface area contributed by atoms with E-state index < -0.39 is 23.3 Å². The molecule has 0 spiro atoms. The predicted octanol–water partition coefficient (Wildman–Crippen LogP) is 3.15. The molecule has 2 rings (SSSR count). The Morgan fingerprint density at radius 3 is 2.60 bits per heavy atom. The van der Waals surface area contributed by atoms with Gasteiger partial charge in [0.05, 0.1) is 11.3 Å². The molecule has 1 aliphatic heterocycles. The monoisotopic (exact) mass is 301 g/mol. The van der Waals surface area contributed by atoms with Crippen LogP contribution in [0, 0.1) is 17.6 Å². The van der Waals surface area contributed by atoms with Crippen molar-refractivity contribution < 1.29 is 18.4 Å². The van der Waals surface area contributed by atoms with Crippen molar-refractivity contribution in [2.45, 2.75) is 19.8 Å². The molecule has 0 aromatic heterocycles. The Kier molecular flexibility index (Phi) is 4.38. The molecule has 1 heterocycles. The van der Waals surface area contributed by atoms with E-state index in [4.69, 9.17) is 11.6 Å². The van der Waals surface area contributed by atoms with Gasteiger partial charge in [0.15, 0.2) is 5.82 Å². The number of carbonyl (C=O) groups is 2. The van der Waals surface area contributed by atoms with Crippen LogP contribution in [0.2, 0.25) is 0 Å². The Labute approximate surface area is 120 Å². The Bertz CT molecular complexity index is 562. The maximum Gasteiger partial charge on any atom is 0.299 e. The van der Waals surface area contributed by atoms with E-state index in [1.165, 1.54) is 0 Å². The van der Waals surface area contributed by atoms with Gasteiger partial charge in [-0.2, -0.15) is 0 Å². The summed E-state index contributed by atoms with van der Waals surface area (Å²) in [6.07, 6.45) is 1.37. The largest absolute Gasteiger partial charge is 0.302 e. The van der Waals surface area contributed by atoms with E-state index in [1.54, 1.807) is 0 Å². The standard InChI is InChI=1S/C14H14ClF2NO2/c1-8(2-4-15)3-5-18-12-10(13(19)14(18)20)6-9(16)7-11(12)17/h6-8H,2-5H2,1H3. The number of Topliss-reactive ketones (excluding diaryl/α,β-unsaturated/α-hetero) is 1. The number of amides is 1. The van der Waals surface area contributed by atoms with Crippen LogP contribution in [-0.2, 0) is 4.79 Å². The lowest BCUT2D eigenvalue weighted by atomic mass is 10.0. The molecule has 20 heavy (non-hydrogen) atoms. The average Bonchev–Trinajstić information content (AvgIpc) is 2.61. The minimum Gasteiger partial charge on any atom is -0.302 e. The number of benzene rings is 1. The maximum atomic E-state index is 13.8. The highest BCUT2D eigenvalue weighted by molar-refractivity contribution is 6.52. The van der Waals surface area contributed by atoms with Gasteiger partial charge in [0, 0.05) is 18.5 Å². The lowest BCUT2D eigenvalue weighted by molar-refractivity contribution is -0.114. The first kappa shape index (κ1) is 14.9. The number of rotatable bonds is 5. The number of nitrogens with zero attached hydrogens (tertiary/aromatic N) is 1. The van der Waals surface area contributed by atoms with Gasteiger partial charge < -0.3 is 4.90 Å². The fraction of sp³-hybridized carbons (Fsp3) is 0.429. The summed E-state index contributed by atoms with van der Waals surface area (Å²) in [5, 5.41) is 0. The smallest absolute Gasteiger partial charge is 0.299 e. The zero-order chi connectivity index (χ0) is 14.9. The molecule has 6 heteroatoms. The Hall–Kier alpha value is -1.49. The van der Waals surface area contributed by atoms with E-state index in [-0.39, 0.29) is 23.7 Å². The van der Waals surface area contributed by atoms with Crippen LogP contribution >= 0.6 is 11.6 Å². The second-order valence-corrected chi connectivity index (χ2v) is 5.32. The van der Waals surface area contributed by atoms with Gasteiger partial charge in [0.25, 0.3) is 11.7 Å². The fourth-order valence-corrected chi connectivity index (χ4v) is 2.62. The highest BCUT2D eigenvalue weighted by Gasteiger charge is 2.38. The van der Waals surface area contributed by atoms with Crippen LogP contribution in [0.4, 0.5) is 14.5 Å². The third-order valence-corrected chi connectivity index (χ3v) is 3.65. The van der Waals surface area contributed by atoms with Crippen molar-refractivity contribution in [3.05, 3.63) is 29.3 Å². The molecular formula is C14H14ClF2NO2. The van der Waals surface area contributed by atoms with Crippen LogP contribution in [0.25, 0.3) is 0 Å². The van der Waals surface area contributed by atoms with Crippen molar-refractivity contribution >= 4 is 29.0 Å². The number of hydrogen-bond donors (Lipinski definition) is 0. The summed E-state index contributed by atoms with van der Waals surface area (Å²) in [6, 6.07) is 1.58. The van der Waals surface area contributed by atoms with Crippen molar-refractivity contribution in [3.8, 4) is 0 Å². The number of ketones is 1. The van der Waals surface area contributed by atoms with Crippen LogP contribution in [0.5, 0.6) is 0 Å². The summed E-state index contributed by atoms with van der Waals surface area (Å²) < 4.78 is 26.9. The molecule has 0 saturated heterocycles. The summed E-state index contributed by atoms with van der Waals surface area (Å²) in [5.41, 5.74) is -0.308. The first-order valence-corrected chi connectivity index (χ1v) is 6.90. The second-order valence-electron chi connectivity index (χ2n) is 4.94. The third-order valence-electron chi connectivity index (χ3n) is 3.43. The van der Waals surface area contributed by atoms with E-state index in [0.717, 1.165) is 17.4 Å². The first-order valence-electron chi connectivity index (χ1n) is 6.37. The number of anilines is 1. The van der Waals surface area contributed by atoms with Gasteiger partial charge in [-0.25, -0.2) is 8.78 Å². The Morgan fingerprint density at radius 2 is 1.95 bits per heavy atom. The quantitative estimate of drug-likeness (QED) is 0.619. The summed E-state index contributed by atoms with van der Waals surface area (Å²) in [6.45, 7) is 2.19. The Balaban J connectivity index is 2.24. The zero-order valence-electron chi connectivity index (χ0n) is 11.0. The number of halogens is 3. The zero-order valence-corrected chi connectivity index (χ0v) is 11.7. The number of alkyl halides is 1. The van der Waals surface area contributed by atoms with Gasteiger partial charge in [0.2, 0.25) is 0 Å². The molecule has 0 fully saturated rings. The average molecular weight is 302 g/mol.